The maximum absolute atomic E-state index is 11.2. The Morgan fingerprint density at radius 3 is 2.62 bits per heavy atom. The summed E-state index contributed by atoms with van der Waals surface area (Å²) in [7, 11) is 0. The van der Waals surface area contributed by atoms with Crippen LogP contribution in [-0.4, -0.2) is 17.1 Å². The van der Waals surface area contributed by atoms with Gasteiger partial charge in [-0.05, 0) is 35.4 Å². The van der Waals surface area contributed by atoms with E-state index in [-0.39, 0.29) is 6.54 Å². The van der Waals surface area contributed by atoms with Gasteiger partial charge in [0.05, 0.1) is 0 Å². The Balaban J connectivity index is 2.37. The van der Waals surface area contributed by atoms with Gasteiger partial charge in [0.2, 0.25) is 5.91 Å². The fraction of sp³-hybridized carbons (Fsp3) is 0.0667. The lowest BCUT2D eigenvalue weighted by molar-refractivity contribution is 0.1000. The molecule has 2 aromatic carbocycles. The molecule has 0 aliphatic rings. The number of nitrogens with one attached hydrogen (secondary N) is 1. The molecule has 4 N–H and O–H groups in total. The van der Waals surface area contributed by atoms with Crippen molar-refractivity contribution in [1.82, 2.24) is 5.32 Å². The Hall–Kier alpha value is -2.53. The predicted octanol–water partition coefficient (Wildman–Crippen LogP) is 2.87. The minimum Gasteiger partial charge on any atom is -0.465 e. The number of benzene rings is 2. The molecule has 6 heteroatoms. The first kappa shape index (κ1) is 14.9. The Kier molecular flexibility index (Phi) is 4.45. The fourth-order valence-electron chi connectivity index (χ4n) is 1.93. The van der Waals surface area contributed by atoms with Gasteiger partial charge in [-0.1, -0.05) is 29.8 Å². The van der Waals surface area contributed by atoms with Crippen molar-refractivity contribution in [3.8, 4) is 11.1 Å². The van der Waals surface area contributed by atoms with Crippen molar-refractivity contribution in [3.63, 3.8) is 0 Å². The van der Waals surface area contributed by atoms with E-state index in [2.05, 4.69) is 5.32 Å². The number of hydrogen-bond donors (Lipinski definition) is 3. The van der Waals surface area contributed by atoms with Gasteiger partial charge in [0.25, 0.3) is 0 Å². The third-order valence-corrected chi connectivity index (χ3v) is 3.26. The summed E-state index contributed by atoms with van der Waals surface area (Å²) >= 11 is 6.15. The zero-order chi connectivity index (χ0) is 15.4. The third kappa shape index (κ3) is 3.73. The van der Waals surface area contributed by atoms with Crippen LogP contribution in [-0.2, 0) is 6.54 Å². The van der Waals surface area contributed by atoms with Crippen molar-refractivity contribution < 1.29 is 14.7 Å². The highest BCUT2D eigenvalue weighted by Crippen LogP contribution is 2.29. The first-order valence-corrected chi connectivity index (χ1v) is 6.50. The van der Waals surface area contributed by atoms with Crippen LogP contribution < -0.4 is 11.1 Å². The lowest BCUT2D eigenvalue weighted by atomic mass is 10.0. The van der Waals surface area contributed by atoms with Crippen molar-refractivity contribution in [3.05, 3.63) is 58.6 Å². The Labute approximate surface area is 126 Å². The van der Waals surface area contributed by atoms with Crippen molar-refractivity contribution in [1.29, 1.82) is 0 Å². The first-order chi connectivity index (χ1) is 9.97. The van der Waals surface area contributed by atoms with Gasteiger partial charge in [0, 0.05) is 22.7 Å². The van der Waals surface area contributed by atoms with Crippen LogP contribution in [0.15, 0.2) is 42.5 Å². The molecule has 0 aliphatic carbocycles. The van der Waals surface area contributed by atoms with E-state index >= 15 is 0 Å². The standard InChI is InChI=1S/C15H13ClN2O3/c16-13-5-4-11(14(17)19)7-12(13)10-3-1-2-9(6-10)8-18-15(20)21/h1-7,18H,8H2,(H2,17,19)(H,20,21). The molecule has 0 bridgehead atoms. The second-order valence-corrected chi connectivity index (χ2v) is 4.83. The first-order valence-electron chi connectivity index (χ1n) is 6.13. The topological polar surface area (TPSA) is 92.4 Å². The summed E-state index contributed by atoms with van der Waals surface area (Å²) in [6.45, 7) is 0.191. The summed E-state index contributed by atoms with van der Waals surface area (Å²) in [5.41, 5.74) is 7.87. The monoisotopic (exact) mass is 304 g/mol. The second-order valence-electron chi connectivity index (χ2n) is 4.42. The highest BCUT2D eigenvalue weighted by atomic mass is 35.5. The van der Waals surface area contributed by atoms with E-state index in [1.54, 1.807) is 30.3 Å². The predicted molar refractivity (Wildman–Crippen MR) is 80.3 cm³/mol. The molecule has 0 atom stereocenters. The van der Waals surface area contributed by atoms with Gasteiger partial charge in [0.1, 0.15) is 0 Å². The van der Waals surface area contributed by atoms with Crippen molar-refractivity contribution in [2.24, 2.45) is 5.73 Å². The number of amides is 2. The van der Waals surface area contributed by atoms with Crippen LogP contribution in [0.1, 0.15) is 15.9 Å². The Bertz CT molecular complexity index is 701. The maximum atomic E-state index is 11.2. The molecule has 108 valence electrons. The lowest BCUT2D eigenvalue weighted by Gasteiger charge is -2.09. The molecule has 2 aromatic rings. The average Bonchev–Trinajstić information content (AvgIpc) is 2.45. The summed E-state index contributed by atoms with van der Waals surface area (Å²) in [5, 5.41) is 11.4. The molecule has 21 heavy (non-hydrogen) atoms. The summed E-state index contributed by atoms with van der Waals surface area (Å²) in [6, 6.07) is 12.0. The lowest BCUT2D eigenvalue weighted by Crippen LogP contribution is -2.19. The van der Waals surface area contributed by atoms with Crippen LogP contribution in [0.25, 0.3) is 11.1 Å². The molecule has 2 rings (SSSR count). The summed E-state index contributed by atoms with van der Waals surface area (Å²) in [6.07, 6.45) is -1.09. The SMILES string of the molecule is NC(=O)c1ccc(Cl)c(-c2cccc(CNC(=O)O)c2)c1. The maximum Gasteiger partial charge on any atom is 0.404 e. The number of rotatable bonds is 4. The van der Waals surface area contributed by atoms with Crippen LogP contribution in [0, 0.1) is 0 Å². The highest BCUT2D eigenvalue weighted by molar-refractivity contribution is 6.33. The van der Waals surface area contributed by atoms with Gasteiger partial charge in [-0.3, -0.25) is 4.79 Å². The fourth-order valence-corrected chi connectivity index (χ4v) is 2.15. The summed E-state index contributed by atoms with van der Waals surface area (Å²) < 4.78 is 0. The third-order valence-electron chi connectivity index (χ3n) is 2.93. The number of halogens is 1. The zero-order valence-electron chi connectivity index (χ0n) is 11.0. The van der Waals surface area contributed by atoms with E-state index in [0.29, 0.717) is 16.1 Å². The quantitative estimate of drug-likeness (QED) is 0.811. The van der Waals surface area contributed by atoms with E-state index in [9.17, 15) is 9.59 Å². The molecule has 0 heterocycles. The molecule has 2 amide bonds. The van der Waals surface area contributed by atoms with Gasteiger partial charge in [-0.15, -0.1) is 0 Å². The molecular formula is C15H13ClN2O3. The number of carbonyl (C=O) groups excluding carboxylic acids is 1. The summed E-state index contributed by atoms with van der Waals surface area (Å²) in [4.78, 5) is 21.8. The van der Waals surface area contributed by atoms with E-state index in [1.165, 1.54) is 0 Å². The molecule has 0 spiro atoms. The molecule has 5 nitrogen and oxygen atoms in total. The second kappa shape index (κ2) is 6.28. The van der Waals surface area contributed by atoms with Crippen LogP contribution in [0.2, 0.25) is 5.02 Å². The van der Waals surface area contributed by atoms with Crippen molar-refractivity contribution in [2.75, 3.05) is 0 Å². The Morgan fingerprint density at radius 1 is 1.19 bits per heavy atom. The minimum absolute atomic E-state index is 0.191. The number of hydrogen-bond acceptors (Lipinski definition) is 2. The minimum atomic E-state index is -1.09. The van der Waals surface area contributed by atoms with Gasteiger partial charge >= 0.3 is 6.09 Å². The molecule has 0 aliphatic heterocycles. The number of carboxylic acid groups (broad SMARTS) is 1. The molecule has 0 radical (unpaired) electrons. The van der Waals surface area contributed by atoms with Crippen LogP contribution in [0.3, 0.4) is 0 Å². The Morgan fingerprint density at radius 2 is 1.95 bits per heavy atom. The number of primary amides is 1. The van der Waals surface area contributed by atoms with Crippen molar-refractivity contribution in [2.45, 2.75) is 6.54 Å². The average molecular weight is 305 g/mol. The molecule has 0 saturated heterocycles. The molecule has 0 fully saturated rings. The van der Waals surface area contributed by atoms with Gasteiger partial charge in [-0.2, -0.15) is 0 Å². The highest BCUT2D eigenvalue weighted by Gasteiger charge is 2.08. The summed E-state index contributed by atoms with van der Waals surface area (Å²) in [5.74, 6) is -0.531. The van der Waals surface area contributed by atoms with E-state index < -0.39 is 12.0 Å². The van der Waals surface area contributed by atoms with Crippen molar-refractivity contribution >= 4 is 23.6 Å². The molecule has 0 aromatic heterocycles. The van der Waals surface area contributed by atoms with Crippen LogP contribution in [0.5, 0.6) is 0 Å². The normalized spacial score (nSPS) is 10.1. The molecular weight excluding hydrogens is 292 g/mol. The number of nitrogens with two attached hydrogens (primary N) is 1. The van der Waals surface area contributed by atoms with E-state index in [4.69, 9.17) is 22.4 Å². The van der Waals surface area contributed by atoms with Gasteiger partial charge < -0.3 is 16.2 Å². The molecule has 0 saturated carbocycles. The van der Waals surface area contributed by atoms with E-state index in [0.717, 1.165) is 11.1 Å². The smallest absolute Gasteiger partial charge is 0.404 e. The molecule has 0 unspecified atom stereocenters. The van der Waals surface area contributed by atoms with Crippen LogP contribution in [0.4, 0.5) is 4.79 Å². The zero-order valence-corrected chi connectivity index (χ0v) is 11.7. The largest absolute Gasteiger partial charge is 0.465 e. The van der Waals surface area contributed by atoms with Crippen LogP contribution >= 0.6 is 11.6 Å². The van der Waals surface area contributed by atoms with Gasteiger partial charge in [-0.25, -0.2) is 4.79 Å². The number of carbonyl (C=O) groups is 2. The van der Waals surface area contributed by atoms with E-state index in [1.807, 2.05) is 12.1 Å². The van der Waals surface area contributed by atoms with Gasteiger partial charge in [0.15, 0.2) is 0 Å².